The highest BCUT2D eigenvalue weighted by Crippen LogP contribution is 2.23. The first-order valence-electron chi connectivity index (χ1n) is 8.30. The Hall–Kier alpha value is -2.53. The van der Waals surface area contributed by atoms with Gasteiger partial charge in [0, 0.05) is 23.5 Å². The van der Waals surface area contributed by atoms with E-state index in [1.807, 2.05) is 12.2 Å². The molecule has 2 aromatic rings. The summed E-state index contributed by atoms with van der Waals surface area (Å²) in [6.45, 7) is 5.58. The Labute approximate surface area is 147 Å². The topological polar surface area (TPSA) is 55.2 Å². The maximum Gasteiger partial charge on any atom is 0.165 e. The Morgan fingerprint density at radius 3 is 2.72 bits per heavy atom. The molecule has 0 aliphatic carbocycles. The molecule has 0 fully saturated rings. The highest BCUT2D eigenvalue weighted by atomic mass is 19.1. The van der Waals surface area contributed by atoms with Gasteiger partial charge in [0.1, 0.15) is 6.61 Å². The zero-order chi connectivity index (χ0) is 18.1. The first kappa shape index (κ1) is 18.8. The van der Waals surface area contributed by atoms with Crippen LogP contribution in [0.25, 0.3) is 17.5 Å². The SMILES string of the molecule is C=CCOc1ccc(-c2ncc(/C=C/CCCC(C)O)cn2)cc1F. The number of aromatic nitrogens is 2. The van der Waals surface area contributed by atoms with Gasteiger partial charge in [0.05, 0.1) is 6.10 Å². The number of halogens is 1. The molecule has 25 heavy (non-hydrogen) atoms. The van der Waals surface area contributed by atoms with Crippen LogP contribution in [-0.2, 0) is 0 Å². The first-order valence-corrected chi connectivity index (χ1v) is 8.30. The molecule has 1 N–H and O–H groups in total. The monoisotopic (exact) mass is 342 g/mol. The molecule has 0 aliphatic heterocycles. The number of allylic oxidation sites excluding steroid dienone is 1. The lowest BCUT2D eigenvalue weighted by atomic mass is 10.1. The second kappa shape index (κ2) is 9.69. The van der Waals surface area contributed by atoms with Crippen molar-refractivity contribution < 1.29 is 14.2 Å². The molecule has 5 heteroatoms. The summed E-state index contributed by atoms with van der Waals surface area (Å²) in [4.78, 5) is 8.57. The van der Waals surface area contributed by atoms with Crippen LogP contribution in [0, 0.1) is 5.82 Å². The molecule has 0 aliphatic rings. The highest BCUT2D eigenvalue weighted by molar-refractivity contribution is 5.57. The van der Waals surface area contributed by atoms with Gasteiger partial charge < -0.3 is 9.84 Å². The zero-order valence-corrected chi connectivity index (χ0v) is 14.4. The van der Waals surface area contributed by atoms with Crippen molar-refractivity contribution in [3.63, 3.8) is 0 Å². The summed E-state index contributed by atoms with van der Waals surface area (Å²) in [5, 5.41) is 9.20. The molecule has 0 spiro atoms. The minimum Gasteiger partial charge on any atom is -0.486 e. The summed E-state index contributed by atoms with van der Waals surface area (Å²) >= 11 is 0. The number of hydrogen-bond donors (Lipinski definition) is 1. The van der Waals surface area contributed by atoms with Crippen LogP contribution >= 0.6 is 0 Å². The van der Waals surface area contributed by atoms with Crippen LogP contribution in [0.5, 0.6) is 5.75 Å². The third-order valence-electron chi connectivity index (χ3n) is 3.52. The lowest BCUT2D eigenvalue weighted by molar-refractivity contribution is 0.182. The third kappa shape index (κ3) is 6.12. The largest absolute Gasteiger partial charge is 0.486 e. The van der Waals surface area contributed by atoms with E-state index < -0.39 is 5.82 Å². The van der Waals surface area contributed by atoms with Crippen molar-refractivity contribution >= 4 is 6.08 Å². The zero-order valence-electron chi connectivity index (χ0n) is 14.4. The van der Waals surface area contributed by atoms with Crippen molar-refractivity contribution in [2.75, 3.05) is 6.61 Å². The average Bonchev–Trinajstić information content (AvgIpc) is 2.60. The molecule has 0 saturated heterocycles. The van der Waals surface area contributed by atoms with Crippen LogP contribution in [0.3, 0.4) is 0 Å². The summed E-state index contributed by atoms with van der Waals surface area (Å²) in [7, 11) is 0. The Balaban J connectivity index is 1.98. The molecule has 0 bridgehead atoms. The Kier molecular flexibility index (Phi) is 7.29. The van der Waals surface area contributed by atoms with E-state index in [4.69, 9.17) is 4.74 Å². The van der Waals surface area contributed by atoms with E-state index in [1.165, 1.54) is 6.07 Å². The van der Waals surface area contributed by atoms with E-state index in [9.17, 15) is 9.50 Å². The van der Waals surface area contributed by atoms with Crippen molar-refractivity contribution in [2.24, 2.45) is 0 Å². The van der Waals surface area contributed by atoms with E-state index in [1.54, 1.807) is 37.5 Å². The molecule has 132 valence electrons. The van der Waals surface area contributed by atoms with Crippen LogP contribution in [0.15, 0.2) is 49.3 Å². The van der Waals surface area contributed by atoms with Crippen LogP contribution < -0.4 is 4.74 Å². The average molecular weight is 342 g/mol. The molecule has 1 unspecified atom stereocenters. The highest BCUT2D eigenvalue weighted by Gasteiger charge is 2.07. The van der Waals surface area contributed by atoms with Gasteiger partial charge in [0.2, 0.25) is 0 Å². The minimum atomic E-state index is -0.454. The van der Waals surface area contributed by atoms with E-state index in [0.717, 1.165) is 24.8 Å². The molecule has 1 aromatic heterocycles. The van der Waals surface area contributed by atoms with Crippen molar-refractivity contribution in [2.45, 2.75) is 32.3 Å². The number of benzene rings is 1. The third-order valence-corrected chi connectivity index (χ3v) is 3.52. The molecule has 0 saturated carbocycles. The van der Waals surface area contributed by atoms with E-state index >= 15 is 0 Å². The molecule has 2 rings (SSSR count). The number of hydrogen-bond acceptors (Lipinski definition) is 4. The molecule has 1 aromatic carbocycles. The number of unbranched alkanes of at least 4 members (excludes halogenated alkanes) is 1. The summed E-state index contributed by atoms with van der Waals surface area (Å²) in [5.41, 5.74) is 1.48. The fourth-order valence-corrected chi connectivity index (χ4v) is 2.23. The van der Waals surface area contributed by atoms with Crippen molar-refractivity contribution in [3.8, 4) is 17.1 Å². The summed E-state index contributed by atoms with van der Waals surface area (Å²) in [5.74, 6) is 0.186. The van der Waals surface area contributed by atoms with Crippen LogP contribution in [0.4, 0.5) is 4.39 Å². The molecule has 0 radical (unpaired) electrons. The van der Waals surface area contributed by atoms with Crippen LogP contribution in [0.1, 0.15) is 31.7 Å². The van der Waals surface area contributed by atoms with Gasteiger partial charge in [-0.3, -0.25) is 0 Å². The van der Waals surface area contributed by atoms with Crippen LogP contribution in [-0.4, -0.2) is 27.8 Å². The van der Waals surface area contributed by atoms with Gasteiger partial charge in [-0.25, -0.2) is 14.4 Å². The van der Waals surface area contributed by atoms with Crippen molar-refractivity contribution in [3.05, 3.63) is 60.7 Å². The smallest absolute Gasteiger partial charge is 0.165 e. The molecule has 1 heterocycles. The second-order valence-electron chi connectivity index (χ2n) is 5.77. The Morgan fingerprint density at radius 1 is 1.32 bits per heavy atom. The molecule has 0 amide bonds. The number of aliphatic hydroxyl groups is 1. The first-order chi connectivity index (χ1) is 12.1. The predicted molar refractivity (Wildman–Crippen MR) is 97.7 cm³/mol. The Bertz CT molecular complexity index is 712. The maximum atomic E-state index is 14.0. The normalized spacial score (nSPS) is 12.3. The number of ether oxygens (including phenoxy) is 1. The lowest BCUT2D eigenvalue weighted by Gasteiger charge is -2.06. The summed E-state index contributed by atoms with van der Waals surface area (Å²) < 4.78 is 19.2. The fraction of sp³-hybridized carbons (Fsp3) is 0.300. The van der Waals surface area contributed by atoms with Gasteiger partial charge in [-0.15, -0.1) is 0 Å². The van der Waals surface area contributed by atoms with E-state index in [-0.39, 0.29) is 18.5 Å². The number of nitrogens with zero attached hydrogens (tertiary/aromatic N) is 2. The van der Waals surface area contributed by atoms with E-state index in [2.05, 4.69) is 16.5 Å². The van der Waals surface area contributed by atoms with Gasteiger partial charge in [0.15, 0.2) is 17.4 Å². The van der Waals surface area contributed by atoms with E-state index in [0.29, 0.717) is 11.4 Å². The Morgan fingerprint density at radius 2 is 2.08 bits per heavy atom. The number of aliphatic hydroxyl groups excluding tert-OH is 1. The van der Waals surface area contributed by atoms with Crippen LogP contribution in [0.2, 0.25) is 0 Å². The van der Waals surface area contributed by atoms with Crippen molar-refractivity contribution in [1.82, 2.24) is 9.97 Å². The predicted octanol–water partition coefficient (Wildman–Crippen LogP) is 4.41. The molecular weight excluding hydrogens is 319 g/mol. The minimum absolute atomic E-state index is 0.181. The standard InChI is InChI=1S/C20H23FN2O2/c1-3-11-25-19-10-9-17(12-18(19)21)20-22-13-16(14-23-20)8-6-4-5-7-15(2)24/h3,6,8-10,12-15,24H,1,4-5,7,11H2,2H3/b8-6+. The second-order valence-corrected chi connectivity index (χ2v) is 5.77. The van der Waals surface area contributed by atoms with Gasteiger partial charge in [-0.05, 0) is 44.4 Å². The maximum absolute atomic E-state index is 14.0. The molecule has 1 atom stereocenters. The quantitative estimate of drug-likeness (QED) is 0.542. The fourth-order valence-electron chi connectivity index (χ4n) is 2.23. The van der Waals surface area contributed by atoms with Gasteiger partial charge in [-0.2, -0.15) is 0 Å². The van der Waals surface area contributed by atoms with Gasteiger partial charge >= 0.3 is 0 Å². The van der Waals surface area contributed by atoms with Gasteiger partial charge in [0.25, 0.3) is 0 Å². The number of rotatable bonds is 9. The van der Waals surface area contributed by atoms with Gasteiger partial charge in [-0.1, -0.05) is 24.8 Å². The molecular formula is C20H23FN2O2. The summed E-state index contributed by atoms with van der Waals surface area (Å²) in [6.07, 6.45) is 11.3. The molecule has 4 nitrogen and oxygen atoms in total. The van der Waals surface area contributed by atoms with Crippen molar-refractivity contribution in [1.29, 1.82) is 0 Å². The lowest BCUT2D eigenvalue weighted by Crippen LogP contribution is -1.97. The summed E-state index contributed by atoms with van der Waals surface area (Å²) in [6, 6.07) is 4.65.